The van der Waals surface area contributed by atoms with Gasteiger partial charge in [0.2, 0.25) is 0 Å². The Morgan fingerprint density at radius 2 is 2.24 bits per heavy atom. The largest absolute Gasteiger partial charge is 0.360 e. The molecule has 0 radical (unpaired) electrons. The molecule has 2 rings (SSSR count). The normalized spacial score (nSPS) is 11.0. The van der Waals surface area contributed by atoms with Crippen LogP contribution >= 0.6 is 11.8 Å². The summed E-state index contributed by atoms with van der Waals surface area (Å²) in [7, 11) is 0. The quantitative estimate of drug-likeness (QED) is 0.804. The zero-order valence-corrected chi connectivity index (χ0v) is 10.7. The second-order valence-corrected chi connectivity index (χ2v) is 4.64. The SMILES string of the molecule is Cc1cc(CSc2nnc(C)n2CCN)on1. The molecular formula is C10H15N5OS. The van der Waals surface area contributed by atoms with E-state index in [1.54, 1.807) is 11.8 Å². The van der Waals surface area contributed by atoms with Gasteiger partial charge >= 0.3 is 0 Å². The van der Waals surface area contributed by atoms with E-state index in [1.807, 2.05) is 24.5 Å². The lowest BCUT2D eigenvalue weighted by atomic mass is 10.4. The van der Waals surface area contributed by atoms with Gasteiger partial charge in [0.1, 0.15) is 11.6 Å². The van der Waals surface area contributed by atoms with Gasteiger partial charge in [-0.2, -0.15) is 0 Å². The predicted molar refractivity (Wildman–Crippen MR) is 64.6 cm³/mol. The van der Waals surface area contributed by atoms with Gasteiger partial charge in [0.15, 0.2) is 5.16 Å². The van der Waals surface area contributed by atoms with Crippen molar-refractivity contribution in [2.24, 2.45) is 5.73 Å². The van der Waals surface area contributed by atoms with Crippen LogP contribution in [0.1, 0.15) is 17.3 Å². The monoisotopic (exact) mass is 253 g/mol. The molecule has 0 unspecified atom stereocenters. The summed E-state index contributed by atoms with van der Waals surface area (Å²) in [6, 6.07) is 1.92. The standard InChI is InChI=1S/C10H15N5OS/c1-7-5-9(16-14-7)6-17-10-13-12-8(2)15(10)4-3-11/h5H,3-4,6,11H2,1-2H3. The molecule has 0 spiro atoms. The summed E-state index contributed by atoms with van der Waals surface area (Å²) in [4.78, 5) is 0. The van der Waals surface area contributed by atoms with Crippen LogP contribution < -0.4 is 5.73 Å². The number of rotatable bonds is 5. The van der Waals surface area contributed by atoms with Crippen molar-refractivity contribution in [3.63, 3.8) is 0 Å². The fourth-order valence-electron chi connectivity index (χ4n) is 1.47. The highest BCUT2D eigenvalue weighted by Gasteiger charge is 2.10. The molecule has 0 aliphatic carbocycles. The van der Waals surface area contributed by atoms with E-state index in [2.05, 4.69) is 15.4 Å². The highest BCUT2D eigenvalue weighted by atomic mass is 32.2. The molecule has 0 fully saturated rings. The summed E-state index contributed by atoms with van der Waals surface area (Å²) in [5.74, 6) is 2.42. The van der Waals surface area contributed by atoms with E-state index in [4.69, 9.17) is 10.3 Å². The molecule has 0 aliphatic rings. The molecule has 0 amide bonds. The van der Waals surface area contributed by atoms with Gasteiger partial charge in [0.25, 0.3) is 0 Å². The first-order valence-electron chi connectivity index (χ1n) is 5.35. The molecule has 2 aromatic heterocycles. The number of aromatic nitrogens is 4. The minimum Gasteiger partial charge on any atom is -0.360 e. The molecule has 2 aromatic rings. The molecule has 7 heteroatoms. The van der Waals surface area contributed by atoms with Gasteiger partial charge in [-0.3, -0.25) is 0 Å². The van der Waals surface area contributed by atoms with E-state index in [0.717, 1.165) is 29.0 Å². The second kappa shape index (κ2) is 5.33. The topological polar surface area (TPSA) is 82.8 Å². The summed E-state index contributed by atoms with van der Waals surface area (Å²) >= 11 is 1.57. The maximum absolute atomic E-state index is 5.55. The van der Waals surface area contributed by atoms with Crippen molar-refractivity contribution < 1.29 is 4.52 Å². The molecule has 2 heterocycles. The molecule has 0 saturated heterocycles. The highest BCUT2D eigenvalue weighted by molar-refractivity contribution is 7.98. The minimum absolute atomic E-state index is 0.577. The van der Waals surface area contributed by atoms with Crippen molar-refractivity contribution in [3.05, 3.63) is 23.3 Å². The fourth-order valence-corrected chi connectivity index (χ4v) is 2.36. The number of nitrogens with two attached hydrogens (primary N) is 1. The van der Waals surface area contributed by atoms with Crippen LogP contribution in [0.25, 0.3) is 0 Å². The molecule has 0 saturated carbocycles. The summed E-state index contributed by atoms with van der Waals surface area (Å²) < 4.78 is 7.15. The van der Waals surface area contributed by atoms with Crippen molar-refractivity contribution in [2.75, 3.05) is 6.54 Å². The molecule has 0 atom stereocenters. The zero-order chi connectivity index (χ0) is 12.3. The van der Waals surface area contributed by atoms with Gasteiger partial charge < -0.3 is 14.8 Å². The Labute approximate surface area is 104 Å². The van der Waals surface area contributed by atoms with Crippen LogP contribution in [0.5, 0.6) is 0 Å². The van der Waals surface area contributed by atoms with Crippen LogP contribution in [0.2, 0.25) is 0 Å². The summed E-state index contributed by atoms with van der Waals surface area (Å²) in [5.41, 5.74) is 6.44. The van der Waals surface area contributed by atoms with Crippen LogP contribution in [0.4, 0.5) is 0 Å². The number of thioether (sulfide) groups is 1. The Morgan fingerprint density at radius 1 is 1.41 bits per heavy atom. The third-order valence-electron chi connectivity index (χ3n) is 2.27. The third kappa shape index (κ3) is 2.86. The molecule has 92 valence electrons. The molecule has 6 nitrogen and oxygen atoms in total. The van der Waals surface area contributed by atoms with Crippen molar-refractivity contribution in [1.29, 1.82) is 0 Å². The number of hydrogen-bond donors (Lipinski definition) is 1. The van der Waals surface area contributed by atoms with Gasteiger partial charge in [-0.25, -0.2) is 0 Å². The van der Waals surface area contributed by atoms with Crippen LogP contribution in [0, 0.1) is 13.8 Å². The van der Waals surface area contributed by atoms with E-state index < -0.39 is 0 Å². The molecular weight excluding hydrogens is 238 g/mol. The summed E-state index contributed by atoms with van der Waals surface area (Å²) in [5, 5.41) is 12.9. The molecule has 0 bridgehead atoms. The van der Waals surface area contributed by atoms with Gasteiger partial charge in [0, 0.05) is 19.2 Å². The van der Waals surface area contributed by atoms with Gasteiger partial charge in [0.05, 0.1) is 11.4 Å². The Kier molecular flexibility index (Phi) is 3.80. The molecule has 0 aliphatic heterocycles. The van der Waals surface area contributed by atoms with E-state index in [0.29, 0.717) is 12.3 Å². The number of nitrogens with zero attached hydrogens (tertiary/aromatic N) is 4. The average Bonchev–Trinajstić information content (AvgIpc) is 2.86. The van der Waals surface area contributed by atoms with E-state index >= 15 is 0 Å². The van der Waals surface area contributed by atoms with Crippen LogP contribution in [0.3, 0.4) is 0 Å². The van der Waals surface area contributed by atoms with Crippen LogP contribution in [-0.4, -0.2) is 26.5 Å². The Balaban J connectivity index is 2.03. The van der Waals surface area contributed by atoms with Crippen molar-refractivity contribution >= 4 is 11.8 Å². The van der Waals surface area contributed by atoms with Crippen molar-refractivity contribution in [2.45, 2.75) is 31.3 Å². The first-order valence-corrected chi connectivity index (χ1v) is 6.34. The van der Waals surface area contributed by atoms with Gasteiger partial charge in [-0.05, 0) is 13.8 Å². The first-order chi connectivity index (χ1) is 8.20. The Bertz CT molecular complexity index is 493. The zero-order valence-electron chi connectivity index (χ0n) is 9.88. The smallest absolute Gasteiger partial charge is 0.191 e. The molecule has 17 heavy (non-hydrogen) atoms. The summed E-state index contributed by atoms with van der Waals surface area (Å²) in [6.07, 6.45) is 0. The fraction of sp³-hybridized carbons (Fsp3) is 0.500. The predicted octanol–water partition coefficient (Wildman–Crippen LogP) is 1.13. The lowest BCUT2D eigenvalue weighted by Crippen LogP contribution is -2.12. The molecule has 2 N–H and O–H groups in total. The Morgan fingerprint density at radius 3 is 2.88 bits per heavy atom. The average molecular weight is 253 g/mol. The van der Waals surface area contributed by atoms with Crippen LogP contribution in [0.15, 0.2) is 15.7 Å². The molecule has 0 aromatic carbocycles. The van der Waals surface area contributed by atoms with Gasteiger partial charge in [-0.1, -0.05) is 16.9 Å². The van der Waals surface area contributed by atoms with E-state index in [1.165, 1.54) is 0 Å². The summed E-state index contributed by atoms with van der Waals surface area (Å²) in [6.45, 7) is 5.13. The first kappa shape index (κ1) is 12.1. The third-order valence-corrected chi connectivity index (χ3v) is 3.26. The van der Waals surface area contributed by atoms with Crippen molar-refractivity contribution in [3.8, 4) is 0 Å². The van der Waals surface area contributed by atoms with Gasteiger partial charge in [-0.15, -0.1) is 10.2 Å². The number of hydrogen-bond acceptors (Lipinski definition) is 6. The maximum Gasteiger partial charge on any atom is 0.191 e. The second-order valence-electron chi connectivity index (χ2n) is 3.69. The maximum atomic E-state index is 5.55. The Hall–Kier alpha value is -1.34. The van der Waals surface area contributed by atoms with E-state index in [-0.39, 0.29) is 0 Å². The number of aryl methyl sites for hydroxylation is 2. The minimum atomic E-state index is 0.577. The lowest BCUT2D eigenvalue weighted by Gasteiger charge is -2.04. The van der Waals surface area contributed by atoms with Crippen molar-refractivity contribution in [1.82, 2.24) is 19.9 Å². The lowest BCUT2D eigenvalue weighted by molar-refractivity contribution is 0.391. The highest BCUT2D eigenvalue weighted by Crippen LogP contribution is 2.21. The van der Waals surface area contributed by atoms with E-state index in [9.17, 15) is 0 Å². The van der Waals surface area contributed by atoms with Crippen LogP contribution in [-0.2, 0) is 12.3 Å².